The largest absolute Gasteiger partial charge is 0.465 e. The van der Waals surface area contributed by atoms with Crippen LogP contribution >= 0.6 is 0 Å². The van der Waals surface area contributed by atoms with Crippen LogP contribution in [0.2, 0.25) is 0 Å². The number of carbonyl (C=O) groups is 1. The Morgan fingerprint density at radius 3 is 2.50 bits per heavy atom. The third-order valence-electron chi connectivity index (χ3n) is 3.04. The first-order valence-corrected chi connectivity index (χ1v) is 7.80. The first kappa shape index (κ1) is 16.0. The predicted molar refractivity (Wildman–Crippen MR) is 79.7 cm³/mol. The van der Waals surface area contributed by atoms with Gasteiger partial charge in [0, 0.05) is 0 Å². The number of halogens is 1. The zero-order chi connectivity index (χ0) is 16.3. The Hall–Kier alpha value is -2.41. The monoisotopic (exact) mass is 323 g/mol. The Balaban J connectivity index is 2.42. The summed E-state index contributed by atoms with van der Waals surface area (Å²) in [6, 6.07) is 9.44. The molecule has 2 aromatic rings. The van der Waals surface area contributed by atoms with Crippen LogP contribution in [0.3, 0.4) is 0 Å². The number of methoxy groups -OCH3 is 1. The number of ether oxygens (including phenoxy) is 1. The molecular weight excluding hydrogens is 309 g/mol. The molecule has 0 aromatic heterocycles. The molecule has 2 aromatic carbocycles. The molecule has 0 saturated carbocycles. The average molecular weight is 323 g/mol. The first-order chi connectivity index (χ1) is 10.3. The highest BCUT2D eigenvalue weighted by atomic mass is 32.2. The number of rotatable bonds is 4. The molecule has 0 aliphatic rings. The van der Waals surface area contributed by atoms with Crippen LogP contribution in [0.1, 0.15) is 15.9 Å². The average Bonchev–Trinajstić information content (AvgIpc) is 2.49. The molecule has 0 fully saturated rings. The van der Waals surface area contributed by atoms with Crippen molar-refractivity contribution >= 4 is 21.7 Å². The Kier molecular flexibility index (Phi) is 4.46. The van der Waals surface area contributed by atoms with Gasteiger partial charge in [-0.25, -0.2) is 17.6 Å². The molecule has 0 spiro atoms. The number of aryl methyl sites for hydroxylation is 1. The van der Waals surface area contributed by atoms with E-state index in [1.54, 1.807) is 6.92 Å². The van der Waals surface area contributed by atoms with Gasteiger partial charge in [0.1, 0.15) is 5.82 Å². The molecule has 0 heterocycles. The third-order valence-corrected chi connectivity index (χ3v) is 4.41. The Labute approximate surface area is 127 Å². The normalized spacial score (nSPS) is 11.0. The number of benzene rings is 2. The van der Waals surface area contributed by atoms with E-state index in [1.165, 1.54) is 43.5 Å². The molecule has 116 valence electrons. The Bertz CT molecular complexity index is 818. The number of esters is 1. The zero-order valence-corrected chi connectivity index (χ0v) is 12.8. The second-order valence-electron chi connectivity index (χ2n) is 4.55. The van der Waals surface area contributed by atoms with E-state index in [4.69, 9.17) is 0 Å². The summed E-state index contributed by atoms with van der Waals surface area (Å²) in [6.07, 6.45) is 0. The maximum absolute atomic E-state index is 13.6. The molecule has 5 nitrogen and oxygen atoms in total. The first-order valence-electron chi connectivity index (χ1n) is 6.31. The molecule has 0 atom stereocenters. The smallest absolute Gasteiger partial charge is 0.338 e. The third kappa shape index (κ3) is 3.25. The highest BCUT2D eigenvalue weighted by Crippen LogP contribution is 2.21. The van der Waals surface area contributed by atoms with Gasteiger partial charge >= 0.3 is 5.97 Å². The quantitative estimate of drug-likeness (QED) is 0.878. The Morgan fingerprint density at radius 2 is 1.86 bits per heavy atom. The molecule has 7 heteroatoms. The molecule has 0 radical (unpaired) electrons. The topological polar surface area (TPSA) is 72.5 Å². The minimum atomic E-state index is -4.01. The van der Waals surface area contributed by atoms with Gasteiger partial charge in [-0.05, 0) is 36.8 Å². The fourth-order valence-electron chi connectivity index (χ4n) is 1.85. The highest BCUT2D eigenvalue weighted by molar-refractivity contribution is 7.92. The molecule has 0 aliphatic heterocycles. The SMILES string of the molecule is COC(=O)c1cc(S(=O)(=O)Nc2ccccc2F)ccc1C. The molecule has 0 saturated heterocycles. The fourth-order valence-corrected chi connectivity index (χ4v) is 2.94. The van der Waals surface area contributed by atoms with Crippen molar-refractivity contribution in [2.75, 3.05) is 11.8 Å². The summed E-state index contributed by atoms with van der Waals surface area (Å²) in [5.74, 6) is -1.33. The van der Waals surface area contributed by atoms with Crippen molar-refractivity contribution in [3.05, 3.63) is 59.4 Å². The van der Waals surface area contributed by atoms with Crippen LogP contribution in [0.25, 0.3) is 0 Å². The molecule has 22 heavy (non-hydrogen) atoms. The van der Waals surface area contributed by atoms with E-state index in [9.17, 15) is 17.6 Å². The standard InChI is InChI=1S/C15H14FNO4S/c1-10-7-8-11(9-12(10)15(18)21-2)22(19,20)17-14-6-4-3-5-13(14)16/h3-9,17H,1-2H3. The van der Waals surface area contributed by atoms with Crippen molar-refractivity contribution < 1.29 is 22.3 Å². The fraction of sp³-hybridized carbons (Fsp3) is 0.133. The summed E-state index contributed by atoms with van der Waals surface area (Å²) in [4.78, 5) is 11.5. The van der Waals surface area contributed by atoms with Crippen LogP contribution in [0, 0.1) is 12.7 Å². The summed E-state index contributed by atoms with van der Waals surface area (Å²) in [7, 11) is -2.81. The van der Waals surface area contributed by atoms with Gasteiger partial charge in [0.15, 0.2) is 0 Å². The minimum Gasteiger partial charge on any atom is -0.465 e. The van der Waals surface area contributed by atoms with Gasteiger partial charge in [-0.15, -0.1) is 0 Å². The predicted octanol–water partition coefficient (Wildman–Crippen LogP) is 2.72. The van der Waals surface area contributed by atoms with Gasteiger partial charge in [0.25, 0.3) is 10.0 Å². The summed E-state index contributed by atoms with van der Waals surface area (Å²) in [5.41, 5.74) is 0.554. The van der Waals surface area contributed by atoms with Gasteiger partial charge in [0.2, 0.25) is 0 Å². The highest BCUT2D eigenvalue weighted by Gasteiger charge is 2.19. The second kappa shape index (κ2) is 6.15. The van der Waals surface area contributed by atoms with Crippen LogP contribution in [0.4, 0.5) is 10.1 Å². The van der Waals surface area contributed by atoms with Gasteiger partial charge in [0.05, 0.1) is 23.3 Å². The molecule has 1 N–H and O–H groups in total. The molecular formula is C15H14FNO4S. The van der Waals surface area contributed by atoms with Crippen molar-refractivity contribution in [2.24, 2.45) is 0 Å². The minimum absolute atomic E-state index is 0.138. The number of carbonyl (C=O) groups excluding carboxylic acids is 1. The van der Waals surface area contributed by atoms with Crippen molar-refractivity contribution in [3.8, 4) is 0 Å². The molecule has 0 bridgehead atoms. The van der Waals surface area contributed by atoms with E-state index < -0.39 is 21.8 Å². The van der Waals surface area contributed by atoms with Gasteiger partial charge in [-0.1, -0.05) is 18.2 Å². The lowest BCUT2D eigenvalue weighted by molar-refractivity contribution is 0.0599. The zero-order valence-electron chi connectivity index (χ0n) is 12.0. The van der Waals surface area contributed by atoms with Crippen molar-refractivity contribution in [3.63, 3.8) is 0 Å². The number of hydrogen-bond donors (Lipinski definition) is 1. The summed E-state index contributed by atoms with van der Waals surface area (Å²) >= 11 is 0. The van der Waals surface area contributed by atoms with Crippen LogP contribution in [0.5, 0.6) is 0 Å². The summed E-state index contributed by atoms with van der Waals surface area (Å²) < 4.78 is 44.9. The molecule has 2 rings (SSSR count). The van der Waals surface area contributed by atoms with E-state index in [0.29, 0.717) is 5.56 Å². The number of sulfonamides is 1. The lowest BCUT2D eigenvalue weighted by Gasteiger charge is -2.11. The van der Waals surface area contributed by atoms with Crippen LogP contribution < -0.4 is 4.72 Å². The van der Waals surface area contributed by atoms with Crippen molar-refractivity contribution in [2.45, 2.75) is 11.8 Å². The maximum Gasteiger partial charge on any atom is 0.338 e. The van der Waals surface area contributed by atoms with Crippen LogP contribution in [0.15, 0.2) is 47.4 Å². The van der Waals surface area contributed by atoms with E-state index in [2.05, 4.69) is 9.46 Å². The van der Waals surface area contributed by atoms with Gasteiger partial charge in [-0.3, -0.25) is 4.72 Å². The summed E-state index contributed by atoms with van der Waals surface area (Å²) in [6.45, 7) is 1.66. The van der Waals surface area contributed by atoms with E-state index in [-0.39, 0.29) is 16.1 Å². The van der Waals surface area contributed by atoms with Crippen molar-refractivity contribution in [1.29, 1.82) is 0 Å². The summed E-state index contributed by atoms with van der Waals surface area (Å²) in [5, 5.41) is 0. The number of hydrogen-bond acceptors (Lipinski definition) is 4. The lowest BCUT2D eigenvalue weighted by atomic mass is 10.1. The van der Waals surface area contributed by atoms with Gasteiger partial charge < -0.3 is 4.74 Å². The van der Waals surface area contributed by atoms with Crippen molar-refractivity contribution in [1.82, 2.24) is 0 Å². The number of para-hydroxylation sites is 1. The van der Waals surface area contributed by atoms with E-state index in [1.807, 2.05) is 0 Å². The van der Waals surface area contributed by atoms with Crippen LogP contribution in [-0.2, 0) is 14.8 Å². The van der Waals surface area contributed by atoms with E-state index >= 15 is 0 Å². The number of nitrogens with one attached hydrogen (secondary N) is 1. The molecule has 0 unspecified atom stereocenters. The Morgan fingerprint density at radius 1 is 1.18 bits per heavy atom. The van der Waals surface area contributed by atoms with Gasteiger partial charge in [-0.2, -0.15) is 0 Å². The lowest BCUT2D eigenvalue weighted by Crippen LogP contribution is -2.15. The second-order valence-corrected chi connectivity index (χ2v) is 6.24. The molecule has 0 amide bonds. The maximum atomic E-state index is 13.6. The molecule has 0 aliphatic carbocycles. The van der Waals surface area contributed by atoms with Crippen LogP contribution in [-0.4, -0.2) is 21.5 Å². The number of anilines is 1. The van der Waals surface area contributed by atoms with E-state index in [0.717, 1.165) is 6.07 Å².